The zero-order chi connectivity index (χ0) is 40.1. The minimum absolute atomic E-state index is 0.138. The van der Waals surface area contributed by atoms with Gasteiger partial charge < -0.3 is 24.2 Å². The third-order valence-corrected chi connectivity index (χ3v) is 12.4. The third kappa shape index (κ3) is 7.10. The number of aromatic nitrogens is 5. The first-order valence-corrected chi connectivity index (χ1v) is 19.5. The van der Waals surface area contributed by atoms with E-state index in [1.807, 2.05) is 49.4 Å². The van der Waals surface area contributed by atoms with Crippen molar-refractivity contribution in [3.63, 3.8) is 0 Å². The van der Waals surface area contributed by atoms with Crippen molar-refractivity contribution in [2.45, 2.75) is 50.7 Å². The summed E-state index contributed by atoms with van der Waals surface area (Å²) < 4.78 is 40.2. The molecule has 294 valence electrons. The highest BCUT2D eigenvalue weighted by molar-refractivity contribution is 7.17. The molecule has 15 heteroatoms. The number of carbonyl (C=O) groups is 2. The van der Waals surface area contributed by atoms with Crippen molar-refractivity contribution in [3.8, 4) is 22.0 Å². The van der Waals surface area contributed by atoms with Gasteiger partial charge in [0.15, 0.2) is 5.65 Å². The fourth-order valence-corrected chi connectivity index (χ4v) is 8.94. The number of carbonyl (C=O) groups excluding carboxylic acids is 2. The second kappa shape index (κ2) is 14.9. The number of hydrogen-bond donors (Lipinski definition) is 1. The molecule has 4 aromatic heterocycles. The highest BCUT2D eigenvalue weighted by Crippen LogP contribution is 2.41. The molecule has 2 aromatic carbocycles. The van der Waals surface area contributed by atoms with Crippen LogP contribution in [0.15, 0.2) is 96.3 Å². The molecule has 3 atom stereocenters. The number of likely N-dealkylation sites (tertiary alicyclic amines) is 2. The number of aliphatic hydroxyl groups is 1. The Kier molecular flexibility index (Phi) is 9.98. The first-order valence-electron chi connectivity index (χ1n) is 18.7. The van der Waals surface area contributed by atoms with Gasteiger partial charge in [-0.1, -0.05) is 30.3 Å². The predicted octanol–water partition coefficient (Wildman–Crippen LogP) is 5.88. The Hall–Kier alpha value is -5.80. The number of hydrogen-bond acceptors (Lipinski definition) is 9. The normalized spacial score (nSPS) is 20.8. The molecule has 2 aliphatic rings. The number of piperidine rings is 2. The Labute approximate surface area is 331 Å². The largest absolute Gasteiger partial charge is 0.497 e. The first-order chi connectivity index (χ1) is 27.4. The number of amides is 2. The summed E-state index contributed by atoms with van der Waals surface area (Å²) in [4.78, 5) is 58.5. The summed E-state index contributed by atoms with van der Waals surface area (Å²) in [6.45, 7) is 2.30. The molecule has 6 aromatic rings. The molecule has 57 heavy (non-hydrogen) atoms. The number of halogens is 2. The molecular weight excluding hydrogens is 753 g/mol. The molecule has 0 saturated carbocycles. The van der Waals surface area contributed by atoms with Crippen LogP contribution >= 0.6 is 11.3 Å². The fourth-order valence-electron chi connectivity index (χ4n) is 7.91. The van der Waals surface area contributed by atoms with Gasteiger partial charge in [-0.15, -0.1) is 11.3 Å². The van der Waals surface area contributed by atoms with Crippen LogP contribution in [-0.4, -0.2) is 95.6 Å². The molecular formula is C42H41F2N7O5S. The molecule has 2 aliphatic heterocycles. The number of alkyl halides is 2. The van der Waals surface area contributed by atoms with Gasteiger partial charge in [0.05, 0.1) is 31.3 Å². The van der Waals surface area contributed by atoms with Crippen LogP contribution in [0.2, 0.25) is 0 Å². The zero-order valence-electron chi connectivity index (χ0n) is 31.6. The summed E-state index contributed by atoms with van der Waals surface area (Å²) >= 11 is 1.29. The van der Waals surface area contributed by atoms with E-state index < -0.39 is 54.3 Å². The van der Waals surface area contributed by atoms with Gasteiger partial charge in [0, 0.05) is 67.2 Å². The molecule has 12 nitrogen and oxygen atoms in total. The Bertz CT molecular complexity index is 2500. The number of fused-ring (bicyclic) bond motifs is 1. The minimum Gasteiger partial charge on any atom is -0.497 e. The van der Waals surface area contributed by atoms with Gasteiger partial charge in [0.1, 0.15) is 27.6 Å². The standard InChI is InChI=1S/C42H41F2N7O5S/c1-26-9-10-29(21-45-26)37-47-27(2)35(57-37)40(54)48-18-15-32(34(22-48)28-7-5-4-6-8-28)38(52)49-20-17-41(55,42(43,44)24-49)23-50-25-46-36-33(39(50)53)16-19-51(36)30-11-13-31(56-3)14-12-30/h4-14,16,19,21,25,32,34,55H,15,17-18,20,22-24H2,1-3H3/t32-,34+,41?/m0/s1. The maximum absolute atomic E-state index is 16.2. The molecule has 0 spiro atoms. The predicted molar refractivity (Wildman–Crippen MR) is 211 cm³/mol. The average Bonchev–Trinajstić information content (AvgIpc) is 3.84. The Balaban J connectivity index is 0.984. The summed E-state index contributed by atoms with van der Waals surface area (Å²) in [6, 6.07) is 21.9. The SMILES string of the molecule is COc1ccc(-n2ccc3c(=O)n(CC4(O)CCN(C(=O)[C@H]5CCN(C(=O)c6sc(-c7ccc(C)nc7)nc6C)C[C@@H]5c5ccccc5)CC4(F)F)cnc32)cc1. The van der Waals surface area contributed by atoms with Gasteiger partial charge in [-0.3, -0.25) is 23.9 Å². The lowest BCUT2D eigenvalue weighted by Crippen LogP contribution is -2.64. The van der Waals surface area contributed by atoms with E-state index in [0.717, 1.165) is 32.0 Å². The lowest BCUT2D eigenvalue weighted by atomic mass is 9.78. The molecule has 0 bridgehead atoms. The van der Waals surface area contributed by atoms with Gasteiger partial charge >= 0.3 is 0 Å². The highest BCUT2D eigenvalue weighted by atomic mass is 32.1. The van der Waals surface area contributed by atoms with Crippen molar-refractivity contribution in [2.24, 2.45) is 5.92 Å². The molecule has 6 heterocycles. The third-order valence-electron chi connectivity index (χ3n) is 11.2. The maximum atomic E-state index is 16.2. The van der Waals surface area contributed by atoms with Crippen LogP contribution in [0.4, 0.5) is 8.78 Å². The van der Waals surface area contributed by atoms with Gasteiger partial charge in [-0.2, -0.15) is 0 Å². The van der Waals surface area contributed by atoms with Gasteiger partial charge in [0.2, 0.25) is 5.91 Å². The van der Waals surface area contributed by atoms with E-state index >= 15 is 8.78 Å². The van der Waals surface area contributed by atoms with Crippen molar-refractivity contribution in [3.05, 3.63) is 124 Å². The zero-order valence-corrected chi connectivity index (χ0v) is 32.5. The average molecular weight is 794 g/mol. The van der Waals surface area contributed by atoms with Crippen molar-refractivity contribution >= 4 is 34.2 Å². The molecule has 2 fully saturated rings. The molecule has 1 N–H and O–H groups in total. The number of methoxy groups -OCH3 is 1. The van der Waals surface area contributed by atoms with Crippen molar-refractivity contribution < 1.29 is 28.2 Å². The first kappa shape index (κ1) is 38.1. The number of pyridine rings is 1. The van der Waals surface area contributed by atoms with Crippen LogP contribution in [0.3, 0.4) is 0 Å². The van der Waals surface area contributed by atoms with E-state index in [-0.39, 0.29) is 37.3 Å². The fraction of sp³-hybridized carbons (Fsp3) is 0.333. The van der Waals surface area contributed by atoms with Crippen LogP contribution in [0, 0.1) is 19.8 Å². The number of ether oxygens (including phenoxy) is 1. The topological polar surface area (TPSA) is 136 Å². The van der Waals surface area contributed by atoms with Crippen LogP contribution in [0.1, 0.15) is 45.4 Å². The van der Waals surface area contributed by atoms with Gasteiger partial charge in [0.25, 0.3) is 17.4 Å². The monoisotopic (exact) mass is 793 g/mol. The smallest absolute Gasteiger partial charge is 0.295 e. The van der Waals surface area contributed by atoms with Crippen molar-refractivity contribution in [1.82, 2.24) is 33.9 Å². The number of thiazole rings is 1. The number of benzene rings is 2. The van der Waals surface area contributed by atoms with E-state index in [9.17, 15) is 19.5 Å². The quantitative estimate of drug-likeness (QED) is 0.202. The summed E-state index contributed by atoms with van der Waals surface area (Å²) in [6.07, 6.45) is 4.38. The van der Waals surface area contributed by atoms with Crippen molar-refractivity contribution in [2.75, 3.05) is 33.3 Å². The van der Waals surface area contributed by atoms with E-state index in [1.165, 1.54) is 17.7 Å². The second-order valence-electron chi connectivity index (χ2n) is 14.8. The lowest BCUT2D eigenvalue weighted by molar-refractivity contribution is -0.223. The van der Waals surface area contributed by atoms with Gasteiger partial charge in [-0.05, 0) is 68.3 Å². The molecule has 0 aliphatic carbocycles. The molecule has 2 amide bonds. The van der Waals surface area contributed by atoms with E-state index in [0.29, 0.717) is 27.0 Å². The summed E-state index contributed by atoms with van der Waals surface area (Å²) in [7, 11) is 1.56. The second-order valence-corrected chi connectivity index (χ2v) is 15.8. The maximum Gasteiger partial charge on any atom is 0.295 e. The Morgan fingerprint density at radius 1 is 0.982 bits per heavy atom. The van der Waals surface area contributed by atoms with E-state index in [4.69, 9.17) is 4.74 Å². The Morgan fingerprint density at radius 3 is 2.46 bits per heavy atom. The molecule has 2 saturated heterocycles. The van der Waals surface area contributed by atoms with Crippen LogP contribution in [0.25, 0.3) is 27.3 Å². The molecule has 0 radical (unpaired) electrons. The summed E-state index contributed by atoms with van der Waals surface area (Å²) in [5, 5.41) is 12.4. The van der Waals surface area contributed by atoms with Crippen LogP contribution in [-0.2, 0) is 11.3 Å². The van der Waals surface area contributed by atoms with Gasteiger partial charge in [-0.25, -0.2) is 18.7 Å². The Morgan fingerprint density at radius 2 is 1.75 bits per heavy atom. The number of rotatable bonds is 8. The van der Waals surface area contributed by atoms with E-state index in [2.05, 4.69) is 15.0 Å². The van der Waals surface area contributed by atoms with Crippen molar-refractivity contribution in [1.29, 1.82) is 0 Å². The lowest BCUT2D eigenvalue weighted by Gasteiger charge is -2.46. The molecule has 8 rings (SSSR count). The highest BCUT2D eigenvalue weighted by Gasteiger charge is 2.58. The van der Waals surface area contributed by atoms with E-state index in [1.54, 1.807) is 66.2 Å². The summed E-state index contributed by atoms with van der Waals surface area (Å²) in [5.41, 5.74) is 0.993. The number of nitrogens with zero attached hydrogens (tertiary/aromatic N) is 7. The summed E-state index contributed by atoms with van der Waals surface area (Å²) in [5.74, 6) is -4.88. The minimum atomic E-state index is -3.75. The van der Waals surface area contributed by atoms with Crippen LogP contribution in [0.5, 0.6) is 5.75 Å². The van der Waals surface area contributed by atoms with Crippen LogP contribution < -0.4 is 10.3 Å². The molecule has 1 unspecified atom stereocenters. The number of aryl methyl sites for hydroxylation is 2.